The number of aldehydes is 1. The van der Waals surface area contributed by atoms with Crippen LogP contribution in [-0.2, 0) is 11.2 Å². The van der Waals surface area contributed by atoms with Crippen molar-refractivity contribution in [1.29, 1.82) is 0 Å². The number of aryl methyl sites for hydroxylation is 1. The summed E-state index contributed by atoms with van der Waals surface area (Å²) >= 11 is 0. The standard InChI is InChI=1S/C15H24OSi/c1-15(2,3)17(4,5)14-11-7-6-9-13(14)10-8-12-16/h6-7,9,11-12H,8,10H2,1-5H3. The van der Waals surface area contributed by atoms with Crippen molar-refractivity contribution in [2.75, 3.05) is 0 Å². The molecule has 1 aromatic carbocycles. The quantitative estimate of drug-likeness (QED) is 0.588. The van der Waals surface area contributed by atoms with Gasteiger partial charge in [0.05, 0.1) is 8.07 Å². The van der Waals surface area contributed by atoms with E-state index in [9.17, 15) is 4.79 Å². The highest BCUT2D eigenvalue weighted by molar-refractivity contribution is 6.92. The molecular formula is C15H24OSi. The molecule has 0 heterocycles. The van der Waals surface area contributed by atoms with E-state index in [0.29, 0.717) is 11.5 Å². The minimum absolute atomic E-state index is 0.338. The third-order valence-electron chi connectivity index (χ3n) is 4.10. The maximum Gasteiger partial charge on any atom is 0.120 e. The van der Waals surface area contributed by atoms with E-state index >= 15 is 0 Å². The molecule has 0 saturated carbocycles. The van der Waals surface area contributed by atoms with Gasteiger partial charge in [-0.2, -0.15) is 0 Å². The zero-order chi connectivity index (χ0) is 13.1. The van der Waals surface area contributed by atoms with Gasteiger partial charge in [-0.3, -0.25) is 0 Å². The summed E-state index contributed by atoms with van der Waals surface area (Å²) in [6.07, 6.45) is 2.53. The monoisotopic (exact) mass is 248 g/mol. The number of carbonyl (C=O) groups is 1. The number of hydrogen-bond donors (Lipinski definition) is 0. The van der Waals surface area contributed by atoms with Gasteiger partial charge < -0.3 is 4.79 Å². The predicted octanol–water partition coefficient (Wildman–Crippen LogP) is 3.53. The second-order valence-corrected chi connectivity index (χ2v) is 11.5. The summed E-state index contributed by atoms with van der Waals surface area (Å²) < 4.78 is 0. The van der Waals surface area contributed by atoms with Crippen LogP contribution in [0.2, 0.25) is 18.1 Å². The van der Waals surface area contributed by atoms with Crippen LogP contribution in [0.25, 0.3) is 0 Å². The Morgan fingerprint density at radius 2 is 1.76 bits per heavy atom. The van der Waals surface area contributed by atoms with Crippen LogP contribution in [0.1, 0.15) is 32.8 Å². The molecule has 0 bridgehead atoms. The maximum atomic E-state index is 10.5. The third-order valence-corrected chi connectivity index (χ3v) is 9.68. The van der Waals surface area contributed by atoms with Gasteiger partial charge in [0.15, 0.2) is 0 Å². The van der Waals surface area contributed by atoms with Gasteiger partial charge in [0.25, 0.3) is 0 Å². The molecule has 1 rings (SSSR count). The van der Waals surface area contributed by atoms with Crippen molar-refractivity contribution in [1.82, 2.24) is 0 Å². The summed E-state index contributed by atoms with van der Waals surface area (Å²) in [5.74, 6) is 0. The molecule has 0 aliphatic heterocycles. The molecular weight excluding hydrogens is 224 g/mol. The summed E-state index contributed by atoms with van der Waals surface area (Å²) in [4.78, 5) is 10.5. The first kappa shape index (κ1) is 14.2. The summed E-state index contributed by atoms with van der Waals surface area (Å²) in [7, 11) is -1.49. The Morgan fingerprint density at radius 1 is 1.18 bits per heavy atom. The molecule has 1 aromatic rings. The van der Waals surface area contributed by atoms with Gasteiger partial charge >= 0.3 is 0 Å². The van der Waals surface area contributed by atoms with Gasteiger partial charge in [0, 0.05) is 6.42 Å². The molecule has 0 aliphatic rings. The van der Waals surface area contributed by atoms with E-state index in [1.165, 1.54) is 10.8 Å². The number of hydrogen-bond acceptors (Lipinski definition) is 1. The molecule has 0 fully saturated rings. The van der Waals surface area contributed by atoms with Crippen LogP contribution in [0.5, 0.6) is 0 Å². The highest BCUT2D eigenvalue weighted by Crippen LogP contribution is 2.36. The Labute approximate surface area is 106 Å². The predicted molar refractivity (Wildman–Crippen MR) is 77.7 cm³/mol. The molecule has 0 unspecified atom stereocenters. The van der Waals surface area contributed by atoms with Gasteiger partial charge in [-0.25, -0.2) is 0 Å². The van der Waals surface area contributed by atoms with E-state index < -0.39 is 8.07 Å². The molecule has 94 valence electrons. The van der Waals surface area contributed by atoms with E-state index in [4.69, 9.17) is 0 Å². The molecule has 0 saturated heterocycles. The average Bonchev–Trinajstić information content (AvgIpc) is 2.25. The Balaban J connectivity index is 3.16. The molecule has 17 heavy (non-hydrogen) atoms. The van der Waals surface area contributed by atoms with Gasteiger partial charge in [0.2, 0.25) is 0 Å². The average molecular weight is 248 g/mol. The van der Waals surface area contributed by atoms with Crippen molar-refractivity contribution in [2.45, 2.75) is 51.7 Å². The van der Waals surface area contributed by atoms with Crippen LogP contribution in [0.4, 0.5) is 0 Å². The SMILES string of the molecule is CC(C)(C)[Si](C)(C)c1ccccc1CCC=O. The van der Waals surface area contributed by atoms with E-state index in [2.05, 4.69) is 58.1 Å². The van der Waals surface area contributed by atoms with E-state index in [1.54, 1.807) is 0 Å². The Morgan fingerprint density at radius 3 is 2.29 bits per heavy atom. The second kappa shape index (κ2) is 5.17. The van der Waals surface area contributed by atoms with Crippen LogP contribution in [-0.4, -0.2) is 14.4 Å². The zero-order valence-corrected chi connectivity index (χ0v) is 12.7. The van der Waals surface area contributed by atoms with Crippen LogP contribution >= 0.6 is 0 Å². The van der Waals surface area contributed by atoms with E-state index in [0.717, 1.165) is 12.7 Å². The van der Waals surface area contributed by atoms with Crippen LogP contribution in [0.3, 0.4) is 0 Å². The van der Waals surface area contributed by atoms with Crippen LogP contribution in [0, 0.1) is 0 Å². The lowest BCUT2D eigenvalue weighted by Gasteiger charge is -2.38. The summed E-state index contributed by atoms with van der Waals surface area (Å²) in [6.45, 7) is 11.8. The molecule has 0 aliphatic carbocycles. The van der Waals surface area contributed by atoms with Crippen molar-refractivity contribution in [3.63, 3.8) is 0 Å². The lowest BCUT2D eigenvalue weighted by Crippen LogP contribution is -2.50. The minimum Gasteiger partial charge on any atom is -0.303 e. The molecule has 0 aromatic heterocycles. The first-order chi connectivity index (χ1) is 7.80. The number of benzene rings is 1. The summed E-state index contributed by atoms with van der Waals surface area (Å²) in [5.41, 5.74) is 1.37. The van der Waals surface area contributed by atoms with Gasteiger partial charge in [-0.15, -0.1) is 0 Å². The molecule has 0 amide bonds. The summed E-state index contributed by atoms with van der Waals surface area (Å²) in [6, 6.07) is 8.65. The van der Waals surface area contributed by atoms with Crippen molar-refractivity contribution in [3.05, 3.63) is 29.8 Å². The Kier molecular flexibility index (Phi) is 4.31. The topological polar surface area (TPSA) is 17.1 Å². The first-order valence-corrected chi connectivity index (χ1v) is 9.32. The maximum absolute atomic E-state index is 10.5. The number of rotatable bonds is 4. The molecule has 0 atom stereocenters. The van der Waals surface area contributed by atoms with E-state index in [1.807, 2.05) is 0 Å². The van der Waals surface area contributed by atoms with Gasteiger partial charge in [-0.1, -0.05) is 63.3 Å². The lowest BCUT2D eigenvalue weighted by molar-refractivity contribution is -0.107. The fourth-order valence-corrected chi connectivity index (χ4v) is 4.30. The van der Waals surface area contributed by atoms with Crippen molar-refractivity contribution in [3.8, 4) is 0 Å². The van der Waals surface area contributed by atoms with Crippen molar-refractivity contribution >= 4 is 19.5 Å². The highest BCUT2D eigenvalue weighted by atomic mass is 28.3. The van der Waals surface area contributed by atoms with Gasteiger partial charge in [0.1, 0.15) is 6.29 Å². The largest absolute Gasteiger partial charge is 0.303 e. The van der Waals surface area contributed by atoms with Crippen molar-refractivity contribution in [2.24, 2.45) is 0 Å². The fraction of sp³-hybridized carbons (Fsp3) is 0.533. The lowest BCUT2D eigenvalue weighted by atomic mass is 10.1. The van der Waals surface area contributed by atoms with E-state index in [-0.39, 0.29) is 0 Å². The third kappa shape index (κ3) is 3.06. The van der Waals surface area contributed by atoms with Crippen LogP contribution in [0.15, 0.2) is 24.3 Å². The normalized spacial score (nSPS) is 12.5. The Hall–Kier alpha value is -0.893. The summed E-state index contributed by atoms with van der Waals surface area (Å²) in [5, 5.41) is 1.85. The van der Waals surface area contributed by atoms with Crippen molar-refractivity contribution < 1.29 is 4.79 Å². The Bertz CT molecular complexity index is 388. The molecule has 1 nitrogen and oxygen atoms in total. The second-order valence-electron chi connectivity index (χ2n) is 6.24. The molecule has 2 heteroatoms. The zero-order valence-electron chi connectivity index (χ0n) is 11.7. The smallest absolute Gasteiger partial charge is 0.120 e. The first-order valence-electron chi connectivity index (χ1n) is 6.32. The van der Waals surface area contributed by atoms with Gasteiger partial charge in [-0.05, 0) is 17.0 Å². The fourth-order valence-electron chi connectivity index (χ4n) is 1.97. The minimum atomic E-state index is -1.49. The highest BCUT2D eigenvalue weighted by Gasteiger charge is 2.37. The molecule has 0 N–H and O–H groups in total. The molecule has 0 spiro atoms. The number of carbonyl (C=O) groups excluding carboxylic acids is 1. The van der Waals surface area contributed by atoms with Crippen LogP contribution < -0.4 is 5.19 Å². The molecule has 0 radical (unpaired) electrons.